The Morgan fingerprint density at radius 1 is 1.13 bits per heavy atom. The van der Waals surface area contributed by atoms with Crippen molar-refractivity contribution in [3.8, 4) is 0 Å². The van der Waals surface area contributed by atoms with E-state index in [1.165, 1.54) is 44.2 Å². The van der Waals surface area contributed by atoms with Crippen LogP contribution in [0.15, 0.2) is 4.99 Å². The second-order valence-electron chi connectivity index (χ2n) is 5.84. The summed E-state index contributed by atoms with van der Waals surface area (Å²) in [5.41, 5.74) is 1.54. The van der Waals surface area contributed by atoms with E-state index in [-0.39, 0.29) is 0 Å². The molecule has 15 heavy (non-hydrogen) atoms. The van der Waals surface area contributed by atoms with Gasteiger partial charge in [0.2, 0.25) is 0 Å². The third kappa shape index (κ3) is 3.95. The second kappa shape index (κ2) is 4.62. The van der Waals surface area contributed by atoms with Gasteiger partial charge in [-0.25, -0.2) is 0 Å². The molecule has 0 amide bonds. The molecule has 0 aromatic rings. The highest BCUT2D eigenvalue weighted by atomic mass is 32.4. The molecule has 2 fully saturated rings. The van der Waals surface area contributed by atoms with Gasteiger partial charge in [-0.15, -0.1) is 0 Å². The fourth-order valence-corrected chi connectivity index (χ4v) is 6.77. The van der Waals surface area contributed by atoms with E-state index in [4.69, 9.17) is 4.99 Å². The zero-order chi connectivity index (χ0) is 10.9. The lowest BCUT2D eigenvalue weighted by Crippen LogP contribution is -2.16. The molecular weight excluding hydrogens is 218 g/mol. The van der Waals surface area contributed by atoms with E-state index in [0.29, 0.717) is 6.04 Å². The Labute approximate surface area is 98.8 Å². The fourth-order valence-electron chi connectivity index (χ4n) is 2.25. The Kier molecular flexibility index (Phi) is 3.61. The molecule has 1 unspecified atom stereocenters. The van der Waals surface area contributed by atoms with Crippen molar-refractivity contribution < 1.29 is 0 Å². The third-order valence-corrected chi connectivity index (χ3v) is 7.43. The highest BCUT2D eigenvalue weighted by Crippen LogP contribution is 2.38. The van der Waals surface area contributed by atoms with E-state index in [1.54, 1.807) is 0 Å². The molecule has 0 saturated heterocycles. The summed E-state index contributed by atoms with van der Waals surface area (Å²) in [4.78, 5) is 4.93. The molecule has 3 heteroatoms. The van der Waals surface area contributed by atoms with Gasteiger partial charge < -0.3 is 0 Å². The molecule has 0 N–H and O–H groups in total. The molecule has 0 aromatic heterocycles. The topological polar surface area (TPSA) is 12.4 Å². The summed E-state index contributed by atoms with van der Waals surface area (Å²) in [5.74, 6) is 0. The Bertz CT molecular complexity index is 251. The fraction of sp³-hybridized carbons (Fsp3) is 0.917. The number of hydrogen-bond acceptors (Lipinski definition) is 2. The van der Waals surface area contributed by atoms with Crippen LogP contribution in [0.25, 0.3) is 0 Å². The maximum Gasteiger partial charge on any atom is 0.109 e. The van der Waals surface area contributed by atoms with Gasteiger partial charge in [-0.2, -0.15) is 11.2 Å². The zero-order valence-corrected chi connectivity index (χ0v) is 12.1. The minimum absolute atomic E-state index is 0.695. The normalized spacial score (nSPS) is 30.9. The van der Waals surface area contributed by atoms with Crippen LogP contribution in [-0.2, 0) is 0 Å². The summed E-state index contributed by atoms with van der Waals surface area (Å²) >= 11 is 2.23. The summed E-state index contributed by atoms with van der Waals surface area (Å²) in [6, 6.07) is 0.695. The quantitative estimate of drug-likeness (QED) is 0.678. The van der Waals surface area contributed by atoms with E-state index >= 15 is 0 Å². The first-order valence-corrected chi connectivity index (χ1v) is 11.4. The molecule has 0 heterocycles. The second-order valence-corrected chi connectivity index (χ2v) is 15.2. The summed E-state index contributed by atoms with van der Waals surface area (Å²) < 4.78 is 0. The minimum atomic E-state index is -0.930. The molecule has 2 aliphatic carbocycles. The lowest BCUT2D eigenvalue weighted by molar-refractivity contribution is 0.444. The van der Waals surface area contributed by atoms with E-state index in [0.717, 1.165) is 5.25 Å². The van der Waals surface area contributed by atoms with E-state index in [1.807, 2.05) is 0 Å². The lowest BCUT2D eigenvalue weighted by atomic mass is 9.96. The van der Waals surface area contributed by atoms with Crippen molar-refractivity contribution in [1.82, 2.24) is 0 Å². The Morgan fingerprint density at radius 3 is 2.40 bits per heavy atom. The molecule has 2 aliphatic rings. The summed E-state index contributed by atoms with van der Waals surface area (Å²) in [6.45, 7) is 7.32. The maximum absolute atomic E-state index is 4.93. The van der Waals surface area contributed by atoms with Gasteiger partial charge >= 0.3 is 0 Å². The van der Waals surface area contributed by atoms with Gasteiger partial charge in [0.1, 0.15) is 7.22 Å². The number of rotatable bonds is 3. The van der Waals surface area contributed by atoms with Crippen LogP contribution in [-0.4, -0.2) is 24.2 Å². The minimum Gasteiger partial charge on any atom is -0.290 e. The van der Waals surface area contributed by atoms with E-state index in [9.17, 15) is 0 Å². The summed E-state index contributed by atoms with van der Waals surface area (Å²) in [7, 11) is -0.930. The molecular formula is C12H23NSSi. The number of aliphatic imine (C=N–C) groups is 1. The lowest BCUT2D eigenvalue weighted by Gasteiger charge is -2.17. The first kappa shape index (κ1) is 11.7. The van der Waals surface area contributed by atoms with Crippen molar-refractivity contribution in [2.45, 2.75) is 69.5 Å². The zero-order valence-electron chi connectivity index (χ0n) is 10.3. The maximum atomic E-state index is 4.93. The molecule has 0 bridgehead atoms. The largest absolute Gasteiger partial charge is 0.290 e. The van der Waals surface area contributed by atoms with Crippen molar-refractivity contribution >= 4 is 24.1 Å². The standard InChI is InChI=1S/C12H23NSSi/c1-15(2,3)14-12-9-11(12)13-10-7-5-4-6-8-10/h10,12H,4-9H2,1-3H3/b13-11-. The molecule has 2 rings (SSSR count). The molecule has 2 saturated carbocycles. The predicted molar refractivity (Wildman–Crippen MR) is 73.7 cm³/mol. The van der Waals surface area contributed by atoms with Crippen LogP contribution in [0.5, 0.6) is 0 Å². The van der Waals surface area contributed by atoms with Gasteiger partial charge in [-0.1, -0.05) is 38.9 Å². The van der Waals surface area contributed by atoms with Gasteiger partial charge in [0, 0.05) is 23.4 Å². The summed E-state index contributed by atoms with van der Waals surface area (Å²) in [5, 5.41) is 0.818. The first-order valence-electron chi connectivity index (χ1n) is 6.29. The van der Waals surface area contributed by atoms with Crippen molar-refractivity contribution in [3.05, 3.63) is 0 Å². The smallest absolute Gasteiger partial charge is 0.109 e. The molecule has 0 spiro atoms. The van der Waals surface area contributed by atoms with Crippen LogP contribution in [0.3, 0.4) is 0 Å². The Hall–Kier alpha value is 0.237. The Balaban J connectivity index is 1.79. The van der Waals surface area contributed by atoms with Crippen LogP contribution in [0.2, 0.25) is 19.6 Å². The SMILES string of the molecule is C[Si](C)(C)SC1C/C1=N/C1CCCCC1. The predicted octanol–water partition coefficient (Wildman–Crippen LogP) is 4.10. The third-order valence-electron chi connectivity index (χ3n) is 3.02. The molecule has 0 aromatic carbocycles. The van der Waals surface area contributed by atoms with Crippen LogP contribution in [0, 0.1) is 0 Å². The molecule has 1 nitrogen and oxygen atoms in total. The van der Waals surface area contributed by atoms with Crippen LogP contribution in [0.4, 0.5) is 0 Å². The van der Waals surface area contributed by atoms with E-state index in [2.05, 4.69) is 30.9 Å². The van der Waals surface area contributed by atoms with Gasteiger partial charge in [-0.3, -0.25) is 4.99 Å². The average molecular weight is 241 g/mol. The highest BCUT2D eigenvalue weighted by Gasteiger charge is 2.37. The molecule has 0 radical (unpaired) electrons. The van der Waals surface area contributed by atoms with Crippen LogP contribution >= 0.6 is 11.2 Å². The monoisotopic (exact) mass is 241 g/mol. The Morgan fingerprint density at radius 2 is 1.80 bits per heavy atom. The van der Waals surface area contributed by atoms with Crippen molar-refractivity contribution in [2.24, 2.45) is 4.99 Å². The van der Waals surface area contributed by atoms with Gasteiger partial charge in [0.15, 0.2) is 0 Å². The number of hydrogen-bond donors (Lipinski definition) is 0. The van der Waals surface area contributed by atoms with Crippen molar-refractivity contribution in [1.29, 1.82) is 0 Å². The molecule has 0 aliphatic heterocycles. The molecule has 1 atom stereocenters. The van der Waals surface area contributed by atoms with Crippen molar-refractivity contribution in [3.63, 3.8) is 0 Å². The first-order chi connectivity index (χ1) is 7.04. The summed E-state index contributed by atoms with van der Waals surface area (Å²) in [6.07, 6.45) is 8.27. The highest BCUT2D eigenvalue weighted by molar-refractivity contribution is 8.29. The molecule has 86 valence electrons. The van der Waals surface area contributed by atoms with Crippen LogP contribution < -0.4 is 0 Å². The van der Waals surface area contributed by atoms with Gasteiger partial charge in [0.25, 0.3) is 0 Å². The van der Waals surface area contributed by atoms with Gasteiger partial charge in [-0.05, 0) is 12.8 Å². The average Bonchev–Trinajstić information content (AvgIpc) is 2.82. The van der Waals surface area contributed by atoms with Gasteiger partial charge in [0.05, 0.1) is 0 Å². The van der Waals surface area contributed by atoms with Crippen molar-refractivity contribution in [2.75, 3.05) is 0 Å². The number of nitrogens with zero attached hydrogens (tertiary/aromatic N) is 1. The van der Waals surface area contributed by atoms with E-state index < -0.39 is 7.22 Å². The van der Waals surface area contributed by atoms with Crippen LogP contribution in [0.1, 0.15) is 38.5 Å².